The maximum atomic E-state index is 12.6. The summed E-state index contributed by atoms with van der Waals surface area (Å²) in [5.41, 5.74) is 0.772. The molecule has 1 aromatic rings. The van der Waals surface area contributed by atoms with Crippen molar-refractivity contribution in [2.45, 2.75) is 46.2 Å². The third-order valence-electron chi connectivity index (χ3n) is 3.56. The zero-order valence-electron chi connectivity index (χ0n) is 14.6. The average Bonchev–Trinajstić information content (AvgIpc) is 2.46. The van der Waals surface area contributed by atoms with Crippen molar-refractivity contribution in [3.8, 4) is 0 Å². The third kappa shape index (κ3) is 6.58. The highest BCUT2D eigenvalue weighted by molar-refractivity contribution is 5.83. The minimum absolute atomic E-state index is 0.0262. The molecule has 1 unspecified atom stereocenters. The van der Waals surface area contributed by atoms with E-state index in [2.05, 4.69) is 29.4 Å². The van der Waals surface area contributed by atoms with E-state index >= 15 is 0 Å². The van der Waals surface area contributed by atoms with Crippen LogP contribution in [0.4, 0.5) is 0 Å². The van der Waals surface area contributed by atoms with Crippen LogP contribution in [0, 0.1) is 0 Å². The van der Waals surface area contributed by atoms with Crippen molar-refractivity contribution in [3.05, 3.63) is 35.9 Å². The van der Waals surface area contributed by atoms with E-state index in [1.807, 2.05) is 51.1 Å². The predicted molar refractivity (Wildman–Crippen MR) is 92.9 cm³/mol. The van der Waals surface area contributed by atoms with Gasteiger partial charge in [0.15, 0.2) is 0 Å². The van der Waals surface area contributed by atoms with Gasteiger partial charge in [-0.05, 0) is 39.4 Å². The minimum atomic E-state index is -0.309. The third-order valence-corrected chi connectivity index (χ3v) is 3.56. The highest BCUT2D eigenvalue weighted by Gasteiger charge is 2.23. The number of carbonyl (C=O) groups excluding carboxylic acids is 1. The van der Waals surface area contributed by atoms with Gasteiger partial charge >= 0.3 is 0 Å². The number of benzene rings is 1. The summed E-state index contributed by atoms with van der Waals surface area (Å²) in [5.74, 6) is 0.0262. The fourth-order valence-electron chi connectivity index (χ4n) is 2.36. The van der Waals surface area contributed by atoms with E-state index in [1.54, 1.807) is 0 Å². The van der Waals surface area contributed by atoms with Crippen LogP contribution < -0.4 is 10.6 Å². The Bertz CT molecular complexity index is 435. The summed E-state index contributed by atoms with van der Waals surface area (Å²) >= 11 is 0. The molecule has 0 saturated carbocycles. The van der Waals surface area contributed by atoms with Crippen molar-refractivity contribution in [2.24, 2.45) is 0 Å². The lowest BCUT2D eigenvalue weighted by atomic mass is 10.0. The first-order valence-electron chi connectivity index (χ1n) is 8.20. The van der Waals surface area contributed by atoms with Crippen LogP contribution in [0.25, 0.3) is 0 Å². The lowest BCUT2D eigenvalue weighted by Crippen LogP contribution is -2.47. The number of nitrogens with zero attached hydrogens (tertiary/aromatic N) is 1. The molecule has 4 nitrogen and oxygen atoms in total. The van der Waals surface area contributed by atoms with Crippen molar-refractivity contribution < 1.29 is 4.79 Å². The van der Waals surface area contributed by atoms with Crippen molar-refractivity contribution in [3.63, 3.8) is 0 Å². The Morgan fingerprint density at radius 2 is 1.73 bits per heavy atom. The fraction of sp³-hybridized carbons (Fsp3) is 0.611. The van der Waals surface area contributed by atoms with E-state index in [4.69, 9.17) is 0 Å². The van der Waals surface area contributed by atoms with Crippen molar-refractivity contribution >= 4 is 5.91 Å². The molecule has 1 atom stereocenters. The van der Waals surface area contributed by atoms with Crippen molar-refractivity contribution in [1.82, 2.24) is 15.5 Å². The normalized spacial score (nSPS) is 13.2. The molecule has 0 radical (unpaired) electrons. The number of nitrogens with one attached hydrogen (secondary N) is 2. The summed E-state index contributed by atoms with van der Waals surface area (Å²) in [6.45, 7) is 14.1. The molecule has 0 fully saturated rings. The molecule has 1 amide bonds. The van der Waals surface area contributed by atoms with Crippen LogP contribution in [0.15, 0.2) is 30.3 Å². The number of amides is 1. The molecule has 0 aliphatic carbocycles. The van der Waals surface area contributed by atoms with Crippen molar-refractivity contribution in [1.29, 1.82) is 0 Å². The highest BCUT2D eigenvalue weighted by Crippen LogP contribution is 2.14. The van der Waals surface area contributed by atoms with Gasteiger partial charge in [0.1, 0.15) is 6.04 Å². The standard InChI is InChI=1S/C18H31N3O/c1-6-21(7-2)14-13-19-16(15-11-9-8-10-12-15)17(22)20-18(3,4)5/h8-12,16,19H,6-7,13-14H2,1-5H3,(H,20,22). The van der Waals surface area contributed by atoms with Crippen molar-refractivity contribution in [2.75, 3.05) is 26.2 Å². The van der Waals surface area contributed by atoms with Gasteiger partial charge < -0.3 is 15.5 Å². The first kappa shape index (κ1) is 18.7. The molecule has 0 aliphatic rings. The number of hydrogen-bond acceptors (Lipinski definition) is 3. The molecule has 0 aliphatic heterocycles. The van der Waals surface area contributed by atoms with Gasteiger partial charge in [-0.1, -0.05) is 44.2 Å². The molecule has 0 spiro atoms. The van der Waals surface area contributed by atoms with Gasteiger partial charge in [0.2, 0.25) is 5.91 Å². The van der Waals surface area contributed by atoms with Crippen LogP contribution in [0.5, 0.6) is 0 Å². The number of rotatable bonds is 8. The van der Waals surface area contributed by atoms with E-state index in [-0.39, 0.29) is 17.5 Å². The molecule has 0 saturated heterocycles. The van der Waals surface area contributed by atoms with Crippen LogP contribution >= 0.6 is 0 Å². The molecule has 0 aromatic heterocycles. The molecule has 0 bridgehead atoms. The Kier molecular flexibility index (Phi) is 7.56. The average molecular weight is 305 g/mol. The zero-order chi connectivity index (χ0) is 16.6. The van der Waals surface area contributed by atoms with E-state index < -0.39 is 0 Å². The maximum Gasteiger partial charge on any atom is 0.242 e. The van der Waals surface area contributed by atoms with Gasteiger partial charge in [-0.2, -0.15) is 0 Å². The first-order chi connectivity index (χ1) is 10.4. The van der Waals surface area contributed by atoms with Gasteiger partial charge in [0.05, 0.1) is 0 Å². The monoisotopic (exact) mass is 305 g/mol. The van der Waals surface area contributed by atoms with Gasteiger partial charge in [-0.15, -0.1) is 0 Å². The molecule has 0 heterocycles. The Labute approximate surface area is 135 Å². The summed E-state index contributed by atoms with van der Waals surface area (Å²) < 4.78 is 0. The molecule has 2 N–H and O–H groups in total. The maximum absolute atomic E-state index is 12.6. The van der Waals surface area contributed by atoms with E-state index in [9.17, 15) is 4.79 Å². The largest absolute Gasteiger partial charge is 0.350 e. The topological polar surface area (TPSA) is 44.4 Å². The molecule has 1 rings (SSSR count). The summed E-state index contributed by atoms with van der Waals surface area (Å²) in [6.07, 6.45) is 0. The molecular weight excluding hydrogens is 274 g/mol. The smallest absolute Gasteiger partial charge is 0.242 e. The Hall–Kier alpha value is -1.39. The fourth-order valence-corrected chi connectivity index (χ4v) is 2.36. The Morgan fingerprint density at radius 1 is 1.14 bits per heavy atom. The highest BCUT2D eigenvalue weighted by atomic mass is 16.2. The summed E-state index contributed by atoms with van der Waals surface area (Å²) in [6, 6.07) is 9.60. The zero-order valence-corrected chi connectivity index (χ0v) is 14.6. The first-order valence-corrected chi connectivity index (χ1v) is 8.20. The Morgan fingerprint density at radius 3 is 2.23 bits per heavy atom. The van der Waals surface area contributed by atoms with Crippen LogP contribution in [-0.2, 0) is 4.79 Å². The van der Waals surface area contributed by atoms with Crippen LogP contribution in [-0.4, -0.2) is 42.5 Å². The SMILES string of the molecule is CCN(CC)CCNC(C(=O)NC(C)(C)C)c1ccccc1. The second-order valence-corrected chi connectivity index (χ2v) is 6.56. The molecular formula is C18H31N3O. The second kappa shape index (κ2) is 8.91. The lowest BCUT2D eigenvalue weighted by molar-refractivity contribution is -0.124. The van der Waals surface area contributed by atoms with Gasteiger partial charge in [0, 0.05) is 18.6 Å². The van der Waals surface area contributed by atoms with Crippen LogP contribution in [0.1, 0.15) is 46.2 Å². The van der Waals surface area contributed by atoms with Gasteiger partial charge in [-0.25, -0.2) is 0 Å². The second-order valence-electron chi connectivity index (χ2n) is 6.56. The molecule has 22 heavy (non-hydrogen) atoms. The summed E-state index contributed by atoms with van der Waals surface area (Å²) in [4.78, 5) is 14.9. The number of hydrogen-bond donors (Lipinski definition) is 2. The Balaban J connectivity index is 2.73. The van der Waals surface area contributed by atoms with Crippen LogP contribution in [0.3, 0.4) is 0 Å². The van der Waals surface area contributed by atoms with E-state index in [1.165, 1.54) is 0 Å². The molecule has 4 heteroatoms. The van der Waals surface area contributed by atoms with E-state index in [0.29, 0.717) is 0 Å². The molecule has 1 aromatic carbocycles. The minimum Gasteiger partial charge on any atom is -0.350 e. The van der Waals surface area contributed by atoms with E-state index in [0.717, 1.165) is 31.7 Å². The number of likely N-dealkylation sites (N-methyl/N-ethyl adjacent to an activating group) is 1. The predicted octanol–water partition coefficient (Wildman–Crippen LogP) is 2.57. The quantitative estimate of drug-likeness (QED) is 0.776. The van der Waals surface area contributed by atoms with Gasteiger partial charge in [-0.3, -0.25) is 4.79 Å². The van der Waals surface area contributed by atoms with Gasteiger partial charge in [0.25, 0.3) is 0 Å². The lowest BCUT2D eigenvalue weighted by Gasteiger charge is -2.27. The summed E-state index contributed by atoms with van der Waals surface area (Å²) in [7, 11) is 0. The number of carbonyl (C=O) groups is 1. The van der Waals surface area contributed by atoms with Crippen LogP contribution in [0.2, 0.25) is 0 Å². The molecule has 124 valence electrons. The summed E-state index contributed by atoms with van der Waals surface area (Å²) in [5, 5.41) is 6.47.